The number of hydrogen-bond acceptors (Lipinski definition) is 4. The number of carbonyl (C=O) groups is 1. The summed E-state index contributed by atoms with van der Waals surface area (Å²) < 4.78 is 6.56. The molecule has 0 aromatic carbocycles. The largest absolute Gasteiger partial charge is 0.446 e. The van der Waals surface area contributed by atoms with Gasteiger partial charge in [-0.05, 0) is 13.3 Å². The van der Waals surface area contributed by atoms with Gasteiger partial charge in [-0.2, -0.15) is 0 Å². The van der Waals surface area contributed by atoms with Crippen LogP contribution in [0.4, 0.5) is 10.6 Å². The molecule has 0 saturated heterocycles. The number of nitrogens with zero attached hydrogens (tertiary/aromatic N) is 3. The predicted octanol–water partition coefficient (Wildman–Crippen LogP) is 1.55. The molecule has 84 valence electrons. The molecule has 0 bridgehead atoms. The lowest BCUT2D eigenvalue weighted by Gasteiger charge is -2.12. The van der Waals surface area contributed by atoms with Gasteiger partial charge in [0.2, 0.25) is 0 Å². The first-order valence-electron chi connectivity index (χ1n) is 4.95. The zero-order chi connectivity index (χ0) is 11.3. The maximum atomic E-state index is 11.3. The van der Waals surface area contributed by atoms with E-state index in [0.29, 0.717) is 5.82 Å². The Morgan fingerprint density at radius 3 is 3.00 bits per heavy atom. The summed E-state index contributed by atoms with van der Waals surface area (Å²) in [5.41, 5.74) is 0. The minimum Gasteiger partial charge on any atom is -0.446 e. The van der Waals surface area contributed by atoms with Gasteiger partial charge in [-0.15, -0.1) is 5.10 Å². The van der Waals surface area contributed by atoms with Crippen LogP contribution >= 0.6 is 0 Å². The van der Waals surface area contributed by atoms with E-state index in [0.717, 1.165) is 12.8 Å². The number of aryl methyl sites for hydroxylation is 1. The number of rotatable bonds is 4. The average molecular weight is 212 g/mol. The molecule has 15 heavy (non-hydrogen) atoms. The second kappa shape index (κ2) is 5.33. The van der Waals surface area contributed by atoms with Crippen LogP contribution in [0.15, 0.2) is 6.20 Å². The predicted molar refractivity (Wildman–Crippen MR) is 55.5 cm³/mol. The molecule has 1 amide bonds. The van der Waals surface area contributed by atoms with Crippen molar-refractivity contribution in [1.82, 2.24) is 15.0 Å². The van der Waals surface area contributed by atoms with Gasteiger partial charge in [0, 0.05) is 7.05 Å². The van der Waals surface area contributed by atoms with Crippen molar-refractivity contribution >= 4 is 11.9 Å². The summed E-state index contributed by atoms with van der Waals surface area (Å²) >= 11 is 0. The Hall–Kier alpha value is -1.59. The molecule has 1 unspecified atom stereocenters. The van der Waals surface area contributed by atoms with Crippen LogP contribution in [0.1, 0.15) is 26.7 Å². The summed E-state index contributed by atoms with van der Waals surface area (Å²) in [6.07, 6.45) is 2.77. The van der Waals surface area contributed by atoms with E-state index >= 15 is 0 Å². The second-order valence-corrected chi connectivity index (χ2v) is 3.37. The second-order valence-electron chi connectivity index (χ2n) is 3.37. The Labute approximate surface area is 88.6 Å². The van der Waals surface area contributed by atoms with Crippen molar-refractivity contribution in [2.45, 2.75) is 32.8 Å². The number of anilines is 1. The van der Waals surface area contributed by atoms with Gasteiger partial charge in [0.15, 0.2) is 5.82 Å². The first kappa shape index (κ1) is 11.5. The van der Waals surface area contributed by atoms with Gasteiger partial charge in [-0.3, -0.25) is 5.32 Å². The van der Waals surface area contributed by atoms with Crippen LogP contribution in [-0.4, -0.2) is 27.2 Å². The van der Waals surface area contributed by atoms with Gasteiger partial charge in [-0.25, -0.2) is 9.48 Å². The Morgan fingerprint density at radius 1 is 1.73 bits per heavy atom. The van der Waals surface area contributed by atoms with E-state index in [1.165, 1.54) is 10.9 Å². The molecule has 1 heterocycles. The van der Waals surface area contributed by atoms with E-state index in [2.05, 4.69) is 15.6 Å². The molecule has 1 aromatic heterocycles. The molecule has 1 N–H and O–H groups in total. The Balaban J connectivity index is 2.40. The first-order valence-corrected chi connectivity index (χ1v) is 4.95. The van der Waals surface area contributed by atoms with E-state index in [1.807, 2.05) is 13.8 Å². The number of aromatic nitrogens is 3. The third-order valence-corrected chi connectivity index (χ3v) is 1.95. The molecule has 6 nitrogen and oxygen atoms in total. The maximum Gasteiger partial charge on any atom is 0.413 e. The van der Waals surface area contributed by atoms with Crippen LogP contribution in [-0.2, 0) is 11.8 Å². The van der Waals surface area contributed by atoms with Crippen LogP contribution in [0.5, 0.6) is 0 Å². The fraction of sp³-hybridized carbons (Fsp3) is 0.667. The molecule has 0 fully saturated rings. The van der Waals surface area contributed by atoms with Crippen molar-refractivity contribution in [2.24, 2.45) is 7.05 Å². The molecular weight excluding hydrogens is 196 g/mol. The van der Waals surface area contributed by atoms with Crippen molar-refractivity contribution in [1.29, 1.82) is 0 Å². The van der Waals surface area contributed by atoms with Gasteiger partial charge in [0.25, 0.3) is 0 Å². The summed E-state index contributed by atoms with van der Waals surface area (Å²) in [5.74, 6) is 0.517. The average Bonchev–Trinajstić information content (AvgIpc) is 2.52. The van der Waals surface area contributed by atoms with Gasteiger partial charge in [0.05, 0.1) is 6.20 Å². The lowest BCUT2D eigenvalue weighted by atomic mass is 10.2. The third-order valence-electron chi connectivity index (χ3n) is 1.95. The van der Waals surface area contributed by atoms with Gasteiger partial charge < -0.3 is 4.74 Å². The molecule has 0 aliphatic carbocycles. The standard InChI is InChI=1S/C9H16N4O2/c1-4-5-7(2)15-9(14)11-8-6-10-12-13(8)3/h6-7H,4-5H2,1-3H3,(H,11,14). The van der Waals surface area contributed by atoms with Crippen molar-refractivity contribution < 1.29 is 9.53 Å². The van der Waals surface area contributed by atoms with E-state index in [9.17, 15) is 4.79 Å². The van der Waals surface area contributed by atoms with Gasteiger partial charge >= 0.3 is 6.09 Å². The quantitative estimate of drug-likeness (QED) is 0.822. The zero-order valence-corrected chi connectivity index (χ0v) is 9.23. The molecule has 0 radical (unpaired) electrons. The van der Waals surface area contributed by atoms with Crippen molar-refractivity contribution in [2.75, 3.05) is 5.32 Å². The van der Waals surface area contributed by atoms with Gasteiger partial charge in [0.1, 0.15) is 6.10 Å². The van der Waals surface area contributed by atoms with Crippen LogP contribution < -0.4 is 5.32 Å². The van der Waals surface area contributed by atoms with Crippen LogP contribution in [0.3, 0.4) is 0 Å². The number of ether oxygens (including phenoxy) is 1. The zero-order valence-electron chi connectivity index (χ0n) is 9.23. The molecular formula is C9H16N4O2. The lowest BCUT2D eigenvalue weighted by molar-refractivity contribution is 0.115. The van der Waals surface area contributed by atoms with E-state index in [4.69, 9.17) is 4.74 Å². The summed E-state index contributed by atoms with van der Waals surface area (Å²) in [4.78, 5) is 11.3. The van der Waals surface area contributed by atoms with E-state index < -0.39 is 6.09 Å². The first-order chi connectivity index (χ1) is 7.13. The number of hydrogen-bond donors (Lipinski definition) is 1. The third kappa shape index (κ3) is 3.57. The number of carbonyl (C=O) groups excluding carboxylic acids is 1. The summed E-state index contributed by atoms with van der Waals surface area (Å²) in [7, 11) is 1.69. The molecule has 1 aromatic rings. The summed E-state index contributed by atoms with van der Waals surface area (Å²) in [6, 6.07) is 0. The highest BCUT2D eigenvalue weighted by molar-refractivity contribution is 5.83. The molecule has 0 aliphatic heterocycles. The smallest absolute Gasteiger partial charge is 0.413 e. The number of amides is 1. The van der Waals surface area contributed by atoms with Crippen molar-refractivity contribution in [3.8, 4) is 0 Å². The Kier molecular flexibility index (Phi) is 4.08. The lowest BCUT2D eigenvalue weighted by Crippen LogP contribution is -2.21. The van der Waals surface area contributed by atoms with Gasteiger partial charge in [-0.1, -0.05) is 18.6 Å². The van der Waals surface area contributed by atoms with Crippen molar-refractivity contribution in [3.05, 3.63) is 6.20 Å². The molecule has 1 rings (SSSR count). The minimum atomic E-state index is -0.471. The monoisotopic (exact) mass is 212 g/mol. The highest BCUT2D eigenvalue weighted by Crippen LogP contribution is 2.05. The SMILES string of the molecule is CCCC(C)OC(=O)Nc1cnnn1C. The molecule has 6 heteroatoms. The fourth-order valence-electron chi connectivity index (χ4n) is 1.19. The summed E-state index contributed by atoms with van der Waals surface area (Å²) in [5, 5.41) is 9.87. The Bertz CT molecular complexity index is 324. The van der Waals surface area contributed by atoms with E-state index in [1.54, 1.807) is 7.05 Å². The van der Waals surface area contributed by atoms with E-state index in [-0.39, 0.29) is 6.10 Å². The topological polar surface area (TPSA) is 69.0 Å². The minimum absolute atomic E-state index is 0.0730. The van der Waals surface area contributed by atoms with Crippen molar-refractivity contribution in [3.63, 3.8) is 0 Å². The van der Waals surface area contributed by atoms with Crippen LogP contribution in [0.25, 0.3) is 0 Å². The normalized spacial score (nSPS) is 12.2. The highest BCUT2D eigenvalue weighted by atomic mass is 16.6. The molecule has 0 saturated carbocycles. The van der Waals surface area contributed by atoms with Crippen LogP contribution in [0.2, 0.25) is 0 Å². The highest BCUT2D eigenvalue weighted by Gasteiger charge is 2.10. The maximum absolute atomic E-state index is 11.3. The van der Waals surface area contributed by atoms with Crippen LogP contribution in [0, 0.1) is 0 Å². The molecule has 0 aliphatic rings. The fourth-order valence-corrected chi connectivity index (χ4v) is 1.19. The summed E-state index contributed by atoms with van der Waals surface area (Å²) in [6.45, 7) is 3.91. The number of nitrogens with one attached hydrogen (secondary N) is 1. The molecule has 0 spiro atoms. The molecule has 1 atom stereocenters. The Morgan fingerprint density at radius 2 is 2.47 bits per heavy atom.